The lowest BCUT2D eigenvalue weighted by Crippen LogP contribution is -2.35. The van der Waals surface area contributed by atoms with Crippen molar-refractivity contribution < 1.29 is 18.0 Å². The van der Waals surface area contributed by atoms with Crippen molar-refractivity contribution in [2.75, 3.05) is 31.1 Å². The molecule has 0 bridgehead atoms. The van der Waals surface area contributed by atoms with Crippen molar-refractivity contribution in [1.82, 2.24) is 14.9 Å². The van der Waals surface area contributed by atoms with E-state index < -0.39 is 11.7 Å². The molecule has 0 aliphatic carbocycles. The number of aromatic nitrogens is 2. The summed E-state index contributed by atoms with van der Waals surface area (Å²) in [5.74, 6) is 0.247. The number of hydrogen-bond acceptors (Lipinski definition) is 3. The number of hydrogen-bond donors (Lipinski definition) is 1. The number of aromatic amines is 1. The molecule has 164 valence electrons. The smallest absolute Gasteiger partial charge is 0.358 e. The highest BCUT2D eigenvalue weighted by molar-refractivity contribution is 6.33. The van der Waals surface area contributed by atoms with E-state index in [4.69, 9.17) is 11.6 Å². The third kappa shape index (κ3) is 4.21. The number of carbonyl (C=O) groups is 1. The number of H-pyrrole nitrogens is 1. The fourth-order valence-corrected chi connectivity index (χ4v) is 4.21. The Bertz CT molecular complexity index is 1140. The number of alkyl halides is 3. The summed E-state index contributed by atoms with van der Waals surface area (Å²) in [4.78, 5) is 24.0. The summed E-state index contributed by atoms with van der Waals surface area (Å²) < 4.78 is 38.6. The molecule has 3 heterocycles. The molecular formula is C22H22ClF3N4O. The maximum atomic E-state index is 13.1. The number of pyridine rings is 1. The van der Waals surface area contributed by atoms with Crippen molar-refractivity contribution in [2.24, 2.45) is 0 Å². The van der Waals surface area contributed by atoms with Gasteiger partial charge >= 0.3 is 6.18 Å². The zero-order valence-electron chi connectivity index (χ0n) is 17.2. The van der Waals surface area contributed by atoms with Crippen LogP contribution in [0, 0.1) is 13.8 Å². The van der Waals surface area contributed by atoms with Crippen molar-refractivity contribution in [3.8, 4) is 0 Å². The minimum atomic E-state index is -4.49. The van der Waals surface area contributed by atoms with E-state index in [-0.39, 0.29) is 10.9 Å². The summed E-state index contributed by atoms with van der Waals surface area (Å²) >= 11 is 6.10. The van der Waals surface area contributed by atoms with Gasteiger partial charge in [-0.1, -0.05) is 11.6 Å². The van der Waals surface area contributed by atoms with Crippen LogP contribution < -0.4 is 4.90 Å². The summed E-state index contributed by atoms with van der Waals surface area (Å²) in [5.41, 5.74) is 2.93. The molecule has 0 radical (unpaired) electrons. The van der Waals surface area contributed by atoms with Crippen LogP contribution in [-0.4, -0.2) is 47.0 Å². The molecule has 1 aliphatic rings. The average Bonchev–Trinajstić information content (AvgIpc) is 2.89. The summed E-state index contributed by atoms with van der Waals surface area (Å²) in [5, 5.41) is 0.985. The van der Waals surface area contributed by atoms with E-state index >= 15 is 0 Å². The number of amides is 1. The molecule has 0 spiro atoms. The van der Waals surface area contributed by atoms with Gasteiger partial charge in [0.2, 0.25) is 0 Å². The number of fused-ring (bicyclic) bond motifs is 1. The topological polar surface area (TPSA) is 52.2 Å². The highest BCUT2D eigenvalue weighted by Gasteiger charge is 2.32. The van der Waals surface area contributed by atoms with E-state index in [2.05, 4.69) is 9.97 Å². The Balaban J connectivity index is 1.50. The first-order valence-electron chi connectivity index (χ1n) is 10.0. The summed E-state index contributed by atoms with van der Waals surface area (Å²) in [7, 11) is 0. The van der Waals surface area contributed by atoms with Gasteiger partial charge in [-0.15, -0.1) is 0 Å². The van der Waals surface area contributed by atoms with Crippen LogP contribution >= 0.6 is 11.6 Å². The van der Waals surface area contributed by atoms with E-state index in [9.17, 15) is 18.0 Å². The molecule has 1 saturated heterocycles. The molecular weight excluding hydrogens is 429 g/mol. The predicted octanol–water partition coefficient (Wildman–Crippen LogP) is 5.20. The van der Waals surface area contributed by atoms with E-state index in [1.165, 1.54) is 0 Å². The molecule has 0 saturated carbocycles. The van der Waals surface area contributed by atoms with Crippen LogP contribution in [0.1, 0.15) is 33.6 Å². The van der Waals surface area contributed by atoms with Gasteiger partial charge in [-0.05, 0) is 50.1 Å². The maximum Gasteiger partial charge on any atom is 0.417 e. The zero-order chi connectivity index (χ0) is 22.3. The van der Waals surface area contributed by atoms with Crippen molar-refractivity contribution >= 4 is 34.2 Å². The number of anilines is 1. The minimum absolute atomic E-state index is 0.0432. The SMILES string of the molecule is Cc1[nH]c2ccc(C(=O)N3CCCN(c4ncc(C(F)(F)F)cc4Cl)CC3)cc2c1C. The quantitative estimate of drug-likeness (QED) is 0.583. The average molecular weight is 451 g/mol. The van der Waals surface area contributed by atoms with E-state index in [1.807, 2.05) is 36.9 Å². The number of carbonyl (C=O) groups excluding carboxylic acids is 1. The number of aryl methyl sites for hydroxylation is 2. The van der Waals surface area contributed by atoms with E-state index in [0.717, 1.165) is 34.4 Å². The van der Waals surface area contributed by atoms with Gasteiger partial charge in [0.15, 0.2) is 0 Å². The Morgan fingerprint density at radius 2 is 1.90 bits per heavy atom. The first-order chi connectivity index (χ1) is 14.6. The standard InChI is InChI=1S/C22H22ClF3N4O/c1-13-14(2)28-19-5-4-15(10-17(13)19)21(31)30-7-3-6-29(8-9-30)20-18(23)11-16(12-27-20)22(24,25)26/h4-5,10-12,28H,3,6-9H2,1-2H3. The van der Waals surface area contributed by atoms with Gasteiger partial charge in [0, 0.05) is 54.5 Å². The Hall–Kier alpha value is -2.74. The Morgan fingerprint density at radius 1 is 1.13 bits per heavy atom. The largest absolute Gasteiger partial charge is 0.417 e. The Morgan fingerprint density at radius 3 is 2.61 bits per heavy atom. The van der Waals surface area contributed by atoms with Gasteiger partial charge in [0.1, 0.15) is 5.82 Å². The number of nitrogens with zero attached hydrogens (tertiary/aromatic N) is 3. The van der Waals surface area contributed by atoms with Crippen LogP contribution in [-0.2, 0) is 6.18 Å². The number of rotatable bonds is 2. The van der Waals surface area contributed by atoms with Crippen molar-refractivity contribution in [3.05, 3.63) is 57.9 Å². The third-order valence-electron chi connectivity index (χ3n) is 5.79. The van der Waals surface area contributed by atoms with Crippen molar-refractivity contribution in [2.45, 2.75) is 26.4 Å². The number of nitrogens with one attached hydrogen (secondary N) is 1. The monoisotopic (exact) mass is 450 g/mol. The molecule has 1 N–H and O–H groups in total. The van der Waals surface area contributed by atoms with Crippen molar-refractivity contribution in [3.63, 3.8) is 0 Å². The van der Waals surface area contributed by atoms with Crippen LogP contribution in [0.5, 0.6) is 0 Å². The normalized spacial score (nSPS) is 15.4. The molecule has 4 rings (SSSR count). The van der Waals surface area contributed by atoms with Crippen LogP contribution in [0.4, 0.5) is 19.0 Å². The maximum absolute atomic E-state index is 13.1. The zero-order valence-corrected chi connectivity index (χ0v) is 17.9. The Kier molecular flexibility index (Phi) is 5.60. The van der Waals surface area contributed by atoms with Crippen LogP contribution in [0.25, 0.3) is 10.9 Å². The molecule has 3 aromatic rings. The third-order valence-corrected chi connectivity index (χ3v) is 6.07. The molecule has 1 aliphatic heterocycles. The predicted molar refractivity (Wildman–Crippen MR) is 115 cm³/mol. The van der Waals surface area contributed by atoms with Gasteiger partial charge in [0.25, 0.3) is 5.91 Å². The second-order valence-corrected chi connectivity index (χ2v) is 8.20. The minimum Gasteiger partial charge on any atom is -0.358 e. The second-order valence-electron chi connectivity index (χ2n) is 7.80. The highest BCUT2D eigenvalue weighted by Crippen LogP contribution is 2.34. The van der Waals surface area contributed by atoms with Crippen molar-refractivity contribution in [1.29, 1.82) is 0 Å². The summed E-state index contributed by atoms with van der Waals surface area (Å²) in [6.07, 6.45) is -3.03. The second kappa shape index (κ2) is 8.07. The first-order valence-corrected chi connectivity index (χ1v) is 10.4. The molecule has 0 unspecified atom stereocenters. The molecule has 31 heavy (non-hydrogen) atoms. The van der Waals surface area contributed by atoms with Crippen LogP contribution in [0.15, 0.2) is 30.5 Å². The highest BCUT2D eigenvalue weighted by atomic mass is 35.5. The van der Waals surface area contributed by atoms with Gasteiger partial charge in [0.05, 0.1) is 10.6 Å². The van der Waals surface area contributed by atoms with Crippen LogP contribution in [0.2, 0.25) is 5.02 Å². The number of halogens is 4. The molecule has 1 aromatic carbocycles. The lowest BCUT2D eigenvalue weighted by Gasteiger charge is -2.24. The van der Waals surface area contributed by atoms with Gasteiger partial charge in [-0.25, -0.2) is 4.98 Å². The van der Waals surface area contributed by atoms with E-state index in [0.29, 0.717) is 44.0 Å². The molecule has 5 nitrogen and oxygen atoms in total. The fourth-order valence-electron chi connectivity index (χ4n) is 3.93. The van der Waals surface area contributed by atoms with Gasteiger partial charge in [-0.2, -0.15) is 13.2 Å². The lowest BCUT2D eigenvalue weighted by molar-refractivity contribution is -0.137. The first kappa shape index (κ1) is 21.5. The lowest BCUT2D eigenvalue weighted by atomic mass is 10.1. The summed E-state index contributed by atoms with van der Waals surface area (Å²) in [6, 6.07) is 6.54. The number of benzene rings is 1. The Labute approximate surface area is 182 Å². The van der Waals surface area contributed by atoms with Gasteiger partial charge < -0.3 is 14.8 Å². The molecule has 9 heteroatoms. The molecule has 0 atom stereocenters. The summed E-state index contributed by atoms with van der Waals surface area (Å²) in [6.45, 7) is 6.00. The molecule has 2 aromatic heterocycles. The molecule has 1 fully saturated rings. The van der Waals surface area contributed by atoms with Gasteiger partial charge in [-0.3, -0.25) is 4.79 Å². The van der Waals surface area contributed by atoms with Crippen LogP contribution in [0.3, 0.4) is 0 Å². The fraction of sp³-hybridized carbons (Fsp3) is 0.364. The van der Waals surface area contributed by atoms with E-state index in [1.54, 1.807) is 4.90 Å². The molecule has 1 amide bonds.